The van der Waals surface area contributed by atoms with Crippen molar-refractivity contribution >= 4 is 5.97 Å². The van der Waals surface area contributed by atoms with Gasteiger partial charge in [-0.05, 0) is 11.6 Å². The summed E-state index contributed by atoms with van der Waals surface area (Å²) in [7, 11) is 1.42. The second-order valence-electron chi connectivity index (χ2n) is 4.24. The van der Waals surface area contributed by atoms with Crippen molar-refractivity contribution in [1.29, 1.82) is 5.26 Å². The summed E-state index contributed by atoms with van der Waals surface area (Å²) in [4.78, 5) is 11.1. The van der Waals surface area contributed by atoms with Crippen molar-refractivity contribution in [2.45, 2.75) is 6.61 Å². The number of methoxy groups -OCH3 is 1. The molecule has 2 aromatic carbocycles. The molecule has 0 heterocycles. The van der Waals surface area contributed by atoms with Crippen molar-refractivity contribution < 1.29 is 19.4 Å². The molecule has 0 aromatic heterocycles. The van der Waals surface area contributed by atoms with Crippen LogP contribution in [0.15, 0.2) is 42.5 Å². The summed E-state index contributed by atoms with van der Waals surface area (Å²) in [5, 5.41) is 18.1. The van der Waals surface area contributed by atoms with Crippen LogP contribution in [0.2, 0.25) is 0 Å². The van der Waals surface area contributed by atoms with E-state index in [0.29, 0.717) is 12.4 Å². The zero-order valence-corrected chi connectivity index (χ0v) is 11.4. The summed E-state index contributed by atoms with van der Waals surface area (Å²) in [6, 6.07) is 14.0. The van der Waals surface area contributed by atoms with E-state index in [-0.39, 0.29) is 16.9 Å². The lowest BCUT2D eigenvalue weighted by atomic mass is 10.1. The third-order valence-corrected chi connectivity index (χ3v) is 2.89. The Balaban J connectivity index is 2.30. The maximum Gasteiger partial charge on any atom is 0.337 e. The summed E-state index contributed by atoms with van der Waals surface area (Å²) in [6.45, 7) is 0.300. The van der Waals surface area contributed by atoms with Crippen LogP contribution in [0.4, 0.5) is 0 Å². The summed E-state index contributed by atoms with van der Waals surface area (Å²) in [5.41, 5.74) is 0.883. The third kappa shape index (κ3) is 3.31. The molecule has 0 fully saturated rings. The molecule has 0 atom stereocenters. The number of carbonyl (C=O) groups is 1. The number of rotatable bonds is 5. The minimum absolute atomic E-state index is 0.0337. The maximum atomic E-state index is 11.1. The molecule has 0 saturated carbocycles. The fourth-order valence-corrected chi connectivity index (χ4v) is 1.84. The minimum atomic E-state index is -1.18. The molecule has 1 N–H and O–H groups in total. The fourth-order valence-electron chi connectivity index (χ4n) is 1.84. The number of hydrogen-bond acceptors (Lipinski definition) is 4. The Morgan fingerprint density at radius 3 is 2.52 bits per heavy atom. The van der Waals surface area contributed by atoms with E-state index in [1.807, 2.05) is 36.4 Å². The van der Waals surface area contributed by atoms with Crippen LogP contribution in [-0.2, 0) is 6.61 Å². The van der Waals surface area contributed by atoms with E-state index in [9.17, 15) is 4.79 Å². The van der Waals surface area contributed by atoms with Gasteiger partial charge < -0.3 is 14.6 Å². The molecule has 2 rings (SSSR count). The normalized spacial score (nSPS) is 9.71. The highest BCUT2D eigenvalue weighted by atomic mass is 16.5. The first-order valence-corrected chi connectivity index (χ1v) is 6.18. The van der Waals surface area contributed by atoms with Crippen LogP contribution in [0.1, 0.15) is 21.5 Å². The molecule has 0 amide bonds. The Morgan fingerprint density at radius 1 is 1.24 bits per heavy atom. The second kappa shape index (κ2) is 6.44. The third-order valence-electron chi connectivity index (χ3n) is 2.89. The van der Waals surface area contributed by atoms with Crippen LogP contribution in [0.25, 0.3) is 0 Å². The van der Waals surface area contributed by atoms with E-state index in [1.165, 1.54) is 19.2 Å². The number of nitriles is 1. The van der Waals surface area contributed by atoms with E-state index in [1.54, 1.807) is 0 Å². The largest absolute Gasteiger partial charge is 0.493 e. The number of hydrogen-bond donors (Lipinski definition) is 1. The van der Waals surface area contributed by atoms with E-state index < -0.39 is 5.97 Å². The van der Waals surface area contributed by atoms with Gasteiger partial charge in [-0.1, -0.05) is 30.3 Å². The van der Waals surface area contributed by atoms with Crippen molar-refractivity contribution in [3.05, 3.63) is 59.2 Å². The molecule has 5 heteroatoms. The van der Waals surface area contributed by atoms with Crippen LogP contribution in [0.3, 0.4) is 0 Å². The van der Waals surface area contributed by atoms with Crippen LogP contribution < -0.4 is 9.47 Å². The quantitative estimate of drug-likeness (QED) is 0.912. The van der Waals surface area contributed by atoms with Gasteiger partial charge in [-0.15, -0.1) is 0 Å². The fraction of sp³-hybridized carbons (Fsp3) is 0.125. The molecular weight excluding hydrogens is 270 g/mol. The second-order valence-corrected chi connectivity index (χ2v) is 4.24. The van der Waals surface area contributed by atoms with Gasteiger partial charge in [0.05, 0.1) is 18.2 Å². The van der Waals surface area contributed by atoms with E-state index in [2.05, 4.69) is 0 Å². The van der Waals surface area contributed by atoms with Crippen molar-refractivity contribution in [3.8, 4) is 17.6 Å². The zero-order valence-electron chi connectivity index (χ0n) is 11.4. The highest BCUT2D eigenvalue weighted by Crippen LogP contribution is 2.31. The lowest BCUT2D eigenvalue weighted by Gasteiger charge is -2.12. The first-order valence-electron chi connectivity index (χ1n) is 6.18. The number of carboxylic acids is 1. The molecule has 0 aliphatic heterocycles. The Morgan fingerprint density at radius 2 is 1.95 bits per heavy atom. The number of carboxylic acid groups (broad SMARTS) is 1. The molecule has 0 radical (unpaired) electrons. The molecule has 21 heavy (non-hydrogen) atoms. The molecule has 0 spiro atoms. The van der Waals surface area contributed by atoms with Crippen molar-refractivity contribution in [1.82, 2.24) is 0 Å². The molecule has 0 bridgehead atoms. The predicted molar refractivity (Wildman–Crippen MR) is 75.4 cm³/mol. The van der Waals surface area contributed by atoms with Gasteiger partial charge in [-0.3, -0.25) is 0 Å². The first kappa shape index (κ1) is 14.4. The Bertz CT molecular complexity index is 689. The molecule has 0 saturated heterocycles. The highest BCUT2D eigenvalue weighted by molar-refractivity contribution is 5.91. The Kier molecular flexibility index (Phi) is 4.42. The SMILES string of the molecule is COc1cc(C(=O)O)c(C#N)cc1OCc1ccccc1. The monoisotopic (exact) mass is 283 g/mol. The molecule has 0 aliphatic carbocycles. The zero-order chi connectivity index (χ0) is 15.2. The van der Waals surface area contributed by atoms with Gasteiger partial charge in [-0.2, -0.15) is 5.26 Å². The lowest BCUT2D eigenvalue weighted by molar-refractivity contribution is 0.0696. The van der Waals surface area contributed by atoms with Gasteiger partial charge in [0.25, 0.3) is 0 Å². The van der Waals surface area contributed by atoms with Crippen LogP contribution in [0, 0.1) is 11.3 Å². The van der Waals surface area contributed by atoms with Crippen LogP contribution >= 0.6 is 0 Å². The first-order chi connectivity index (χ1) is 10.2. The number of ether oxygens (including phenoxy) is 2. The van der Waals surface area contributed by atoms with E-state index >= 15 is 0 Å². The molecule has 106 valence electrons. The summed E-state index contributed by atoms with van der Waals surface area (Å²) in [6.07, 6.45) is 0. The standard InChI is InChI=1S/C16H13NO4/c1-20-14-8-13(16(18)19)12(9-17)7-15(14)21-10-11-5-3-2-4-6-11/h2-8H,10H2,1H3,(H,18,19). The van der Waals surface area contributed by atoms with E-state index in [0.717, 1.165) is 5.56 Å². The van der Waals surface area contributed by atoms with Crippen molar-refractivity contribution in [2.75, 3.05) is 7.11 Å². The summed E-state index contributed by atoms with van der Waals surface area (Å²) >= 11 is 0. The molecule has 0 aliphatic rings. The molecule has 2 aromatic rings. The molecule has 5 nitrogen and oxygen atoms in total. The average Bonchev–Trinajstić information content (AvgIpc) is 2.52. The van der Waals surface area contributed by atoms with Gasteiger partial charge >= 0.3 is 5.97 Å². The number of aromatic carboxylic acids is 1. The Hall–Kier alpha value is -3.00. The molecule has 0 unspecified atom stereocenters. The van der Waals surface area contributed by atoms with Gasteiger partial charge in [0, 0.05) is 6.07 Å². The van der Waals surface area contributed by atoms with Gasteiger partial charge in [0.15, 0.2) is 11.5 Å². The van der Waals surface area contributed by atoms with Crippen molar-refractivity contribution in [3.63, 3.8) is 0 Å². The Labute approximate surface area is 122 Å². The minimum Gasteiger partial charge on any atom is -0.493 e. The topological polar surface area (TPSA) is 79.5 Å². The van der Waals surface area contributed by atoms with Gasteiger partial charge in [0.2, 0.25) is 0 Å². The summed E-state index contributed by atoms with van der Waals surface area (Å²) < 4.78 is 10.7. The predicted octanol–water partition coefficient (Wildman–Crippen LogP) is 2.84. The van der Waals surface area contributed by atoms with E-state index in [4.69, 9.17) is 19.8 Å². The average molecular weight is 283 g/mol. The van der Waals surface area contributed by atoms with Gasteiger partial charge in [0.1, 0.15) is 12.7 Å². The van der Waals surface area contributed by atoms with Crippen molar-refractivity contribution in [2.24, 2.45) is 0 Å². The lowest BCUT2D eigenvalue weighted by Crippen LogP contribution is -2.04. The number of benzene rings is 2. The van der Waals surface area contributed by atoms with Gasteiger partial charge in [-0.25, -0.2) is 4.79 Å². The summed E-state index contributed by atoms with van der Waals surface area (Å²) in [5.74, 6) is -0.565. The smallest absolute Gasteiger partial charge is 0.337 e. The van der Waals surface area contributed by atoms with Crippen LogP contribution in [0.5, 0.6) is 11.5 Å². The molecular formula is C16H13NO4. The number of nitrogens with zero attached hydrogens (tertiary/aromatic N) is 1. The highest BCUT2D eigenvalue weighted by Gasteiger charge is 2.16. The van der Waals surface area contributed by atoms with Crippen LogP contribution in [-0.4, -0.2) is 18.2 Å². The maximum absolute atomic E-state index is 11.1.